The van der Waals surface area contributed by atoms with E-state index in [0.29, 0.717) is 19.6 Å². The van der Waals surface area contributed by atoms with Crippen molar-refractivity contribution >= 4 is 16.7 Å². The van der Waals surface area contributed by atoms with Gasteiger partial charge in [-0.3, -0.25) is 4.79 Å². The summed E-state index contributed by atoms with van der Waals surface area (Å²) >= 11 is 0. The predicted octanol–water partition coefficient (Wildman–Crippen LogP) is 1.88. The Bertz CT molecular complexity index is 631. The van der Waals surface area contributed by atoms with Crippen molar-refractivity contribution in [2.75, 3.05) is 26.3 Å². The standard InChI is InChI=1S/C18H22N2O2/c21-18(12-16-13-22-11-10-19-16)20-9-8-15-6-3-5-14-4-1-2-7-17(14)15/h1-7,16,19H,8-13H2,(H,20,21). The molecule has 0 aliphatic carbocycles. The molecule has 1 aliphatic rings. The highest BCUT2D eigenvalue weighted by Gasteiger charge is 2.16. The summed E-state index contributed by atoms with van der Waals surface area (Å²) in [5.74, 6) is 0.0863. The lowest BCUT2D eigenvalue weighted by Crippen LogP contribution is -2.44. The maximum atomic E-state index is 12.0. The Morgan fingerprint density at radius 1 is 1.23 bits per heavy atom. The smallest absolute Gasteiger partial charge is 0.221 e. The second-order valence-corrected chi connectivity index (χ2v) is 5.67. The Balaban J connectivity index is 1.50. The van der Waals surface area contributed by atoms with Gasteiger partial charge in [0.1, 0.15) is 0 Å². The minimum atomic E-state index is 0.0863. The molecule has 1 atom stereocenters. The van der Waals surface area contributed by atoms with Crippen LogP contribution in [0.3, 0.4) is 0 Å². The zero-order valence-corrected chi connectivity index (χ0v) is 12.7. The number of carbonyl (C=O) groups is 1. The van der Waals surface area contributed by atoms with Crippen molar-refractivity contribution in [1.82, 2.24) is 10.6 Å². The van der Waals surface area contributed by atoms with Crippen LogP contribution in [-0.2, 0) is 16.0 Å². The summed E-state index contributed by atoms with van der Waals surface area (Å²) in [5, 5.41) is 8.82. The number of fused-ring (bicyclic) bond motifs is 1. The van der Waals surface area contributed by atoms with Gasteiger partial charge in [-0.05, 0) is 22.8 Å². The molecular weight excluding hydrogens is 276 g/mol. The first-order chi connectivity index (χ1) is 10.8. The number of ether oxygens (including phenoxy) is 1. The lowest BCUT2D eigenvalue weighted by molar-refractivity contribution is -0.122. The van der Waals surface area contributed by atoms with E-state index in [-0.39, 0.29) is 11.9 Å². The van der Waals surface area contributed by atoms with E-state index in [9.17, 15) is 4.79 Å². The fourth-order valence-electron chi connectivity index (χ4n) is 2.89. The Kier molecular flexibility index (Phi) is 5.03. The molecule has 116 valence electrons. The first kappa shape index (κ1) is 15.0. The van der Waals surface area contributed by atoms with E-state index in [4.69, 9.17) is 4.74 Å². The Labute approximate surface area is 130 Å². The summed E-state index contributed by atoms with van der Waals surface area (Å²) in [6, 6.07) is 14.8. The van der Waals surface area contributed by atoms with E-state index >= 15 is 0 Å². The van der Waals surface area contributed by atoms with E-state index in [1.165, 1.54) is 16.3 Å². The van der Waals surface area contributed by atoms with Crippen LogP contribution in [-0.4, -0.2) is 38.3 Å². The molecule has 4 nitrogen and oxygen atoms in total. The van der Waals surface area contributed by atoms with Crippen LogP contribution >= 0.6 is 0 Å². The molecule has 2 N–H and O–H groups in total. The van der Waals surface area contributed by atoms with Gasteiger partial charge in [-0.2, -0.15) is 0 Å². The highest BCUT2D eigenvalue weighted by molar-refractivity contribution is 5.85. The average molecular weight is 298 g/mol. The summed E-state index contributed by atoms with van der Waals surface area (Å²) in [6.45, 7) is 2.85. The molecule has 3 rings (SSSR count). The van der Waals surface area contributed by atoms with Crippen LogP contribution in [0.1, 0.15) is 12.0 Å². The third kappa shape index (κ3) is 3.84. The van der Waals surface area contributed by atoms with Crippen molar-refractivity contribution in [2.24, 2.45) is 0 Å². The Morgan fingerprint density at radius 2 is 2.09 bits per heavy atom. The van der Waals surface area contributed by atoms with Crippen LogP contribution in [0.25, 0.3) is 10.8 Å². The predicted molar refractivity (Wildman–Crippen MR) is 87.9 cm³/mol. The van der Waals surface area contributed by atoms with Crippen molar-refractivity contribution in [3.63, 3.8) is 0 Å². The minimum Gasteiger partial charge on any atom is -0.378 e. The van der Waals surface area contributed by atoms with Gasteiger partial charge in [0.25, 0.3) is 0 Å². The van der Waals surface area contributed by atoms with Crippen LogP contribution in [0.4, 0.5) is 0 Å². The number of amides is 1. The zero-order valence-electron chi connectivity index (χ0n) is 12.7. The molecule has 0 radical (unpaired) electrons. The quantitative estimate of drug-likeness (QED) is 0.886. The molecule has 4 heteroatoms. The highest BCUT2D eigenvalue weighted by atomic mass is 16.5. The first-order valence-corrected chi connectivity index (χ1v) is 7.87. The summed E-state index contributed by atoms with van der Waals surface area (Å²) in [6.07, 6.45) is 1.33. The second kappa shape index (κ2) is 7.38. The third-order valence-corrected chi connectivity index (χ3v) is 4.03. The van der Waals surface area contributed by atoms with E-state index in [1.54, 1.807) is 0 Å². The number of rotatable bonds is 5. The lowest BCUT2D eigenvalue weighted by atomic mass is 10.0. The normalized spacial score (nSPS) is 18.3. The van der Waals surface area contributed by atoms with Crippen LogP contribution in [0, 0.1) is 0 Å². The molecule has 1 amide bonds. The van der Waals surface area contributed by atoms with E-state index < -0.39 is 0 Å². The molecule has 1 aliphatic heterocycles. The Morgan fingerprint density at radius 3 is 2.95 bits per heavy atom. The van der Waals surface area contributed by atoms with Crippen molar-refractivity contribution < 1.29 is 9.53 Å². The SMILES string of the molecule is O=C(CC1COCCN1)NCCc1cccc2ccccc12. The summed E-state index contributed by atoms with van der Waals surface area (Å²) < 4.78 is 5.36. The van der Waals surface area contributed by atoms with Gasteiger partial charge in [-0.1, -0.05) is 42.5 Å². The molecule has 0 bridgehead atoms. The molecule has 1 heterocycles. The van der Waals surface area contributed by atoms with E-state index in [1.807, 2.05) is 6.07 Å². The van der Waals surface area contributed by atoms with Gasteiger partial charge >= 0.3 is 0 Å². The zero-order chi connectivity index (χ0) is 15.2. The van der Waals surface area contributed by atoms with Crippen molar-refractivity contribution in [3.8, 4) is 0 Å². The maximum absolute atomic E-state index is 12.0. The van der Waals surface area contributed by atoms with Crippen LogP contribution < -0.4 is 10.6 Å². The molecule has 1 unspecified atom stereocenters. The molecule has 2 aromatic rings. The summed E-state index contributed by atoms with van der Waals surface area (Å²) in [5.41, 5.74) is 1.28. The number of nitrogens with one attached hydrogen (secondary N) is 2. The Hall–Kier alpha value is -1.91. The van der Waals surface area contributed by atoms with Gasteiger partial charge in [0, 0.05) is 25.6 Å². The van der Waals surface area contributed by atoms with Crippen LogP contribution in [0.15, 0.2) is 42.5 Å². The molecular formula is C18H22N2O2. The average Bonchev–Trinajstić information content (AvgIpc) is 2.56. The van der Waals surface area contributed by atoms with E-state index in [2.05, 4.69) is 47.0 Å². The van der Waals surface area contributed by atoms with Gasteiger partial charge < -0.3 is 15.4 Å². The molecule has 22 heavy (non-hydrogen) atoms. The topological polar surface area (TPSA) is 50.4 Å². The monoisotopic (exact) mass is 298 g/mol. The fourth-order valence-corrected chi connectivity index (χ4v) is 2.89. The number of morpholine rings is 1. The van der Waals surface area contributed by atoms with Gasteiger partial charge in [-0.15, -0.1) is 0 Å². The van der Waals surface area contributed by atoms with Crippen LogP contribution in [0.2, 0.25) is 0 Å². The van der Waals surface area contributed by atoms with Crippen molar-refractivity contribution in [3.05, 3.63) is 48.0 Å². The second-order valence-electron chi connectivity index (χ2n) is 5.67. The van der Waals surface area contributed by atoms with E-state index in [0.717, 1.165) is 19.6 Å². The first-order valence-electron chi connectivity index (χ1n) is 7.87. The van der Waals surface area contributed by atoms with Crippen molar-refractivity contribution in [2.45, 2.75) is 18.9 Å². The molecule has 1 fully saturated rings. The molecule has 0 spiro atoms. The molecule has 1 saturated heterocycles. The van der Waals surface area contributed by atoms with Crippen LogP contribution in [0.5, 0.6) is 0 Å². The highest BCUT2D eigenvalue weighted by Crippen LogP contribution is 2.18. The largest absolute Gasteiger partial charge is 0.378 e. The minimum absolute atomic E-state index is 0.0863. The van der Waals surface area contributed by atoms with Gasteiger partial charge in [0.15, 0.2) is 0 Å². The third-order valence-electron chi connectivity index (χ3n) is 4.03. The summed E-state index contributed by atoms with van der Waals surface area (Å²) in [4.78, 5) is 12.0. The lowest BCUT2D eigenvalue weighted by Gasteiger charge is -2.23. The maximum Gasteiger partial charge on any atom is 0.221 e. The number of carbonyl (C=O) groups excluding carboxylic acids is 1. The summed E-state index contributed by atoms with van der Waals surface area (Å²) in [7, 11) is 0. The fraction of sp³-hybridized carbons (Fsp3) is 0.389. The molecule has 2 aromatic carbocycles. The number of benzene rings is 2. The number of hydrogen-bond acceptors (Lipinski definition) is 3. The molecule has 0 saturated carbocycles. The molecule has 0 aromatic heterocycles. The number of hydrogen-bond donors (Lipinski definition) is 2. The van der Waals surface area contributed by atoms with Gasteiger partial charge in [0.2, 0.25) is 5.91 Å². The van der Waals surface area contributed by atoms with Gasteiger partial charge in [0.05, 0.1) is 13.2 Å². The van der Waals surface area contributed by atoms with Crippen molar-refractivity contribution in [1.29, 1.82) is 0 Å². The van der Waals surface area contributed by atoms with Gasteiger partial charge in [-0.25, -0.2) is 0 Å².